The molecule has 0 radical (unpaired) electrons. The molecule has 9 heteroatoms. The van der Waals surface area contributed by atoms with Gasteiger partial charge in [0.15, 0.2) is 5.82 Å². The van der Waals surface area contributed by atoms with Crippen molar-refractivity contribution < 1.29 is 4.74 Å². The predicted octanol–water partition coefficient (Wildman–Crippen LogP) is 4.83. The lowest BCUT2D eigenvalue weighted by Crippen LogP contribution is -2.35. The van der Waals surface area contributed by atoms with Crippen LogP contribution in [0.25, 0.3) is 10.9 Å². The van der Waals surface area contributed by atoms with Gasteiger partial charge in [-0.2, -0.15) is 0 Å². The molecular formula is C30H31N7O2. The number of hydrogen-bond acceptors (Lipinski definition) is 7. The molecule has 1 fully saturated rings. The molecule has 0 spiro atoms. The summed E-state index contributed by atoms with van der Waals surface area (Å²) < 4.78 is 7.42. The predicted molar refractivity (Wildman–Crippen MR) is 148 cm³/mol. The molecule has 1 aliphatic carbocycles. The van der Waals surface area contributed by atoms with Crippen molar-refractivity contribution in [1.29, 1.82) is 0 Å². The van der Waals surface area contributed by atoms with Crippen LogP contribution < -0.4 is 10.3 Å². The first kappa shape index (κ1) is 24.9. The number of H-pyrrole nitrogens is 1. The quantitative estimate of drug-likeness (QED) is 0.297. The minimum atomic E-state index is -0.500. The van der Waals surface area contributed by atoms with Gasteiger partial charge in [0.1, 0.15) is 11.8 Å². The maximum Gasteiger partial charge on any atom is 0.253 e. The van der Waals surface area contributed by atoms with Crippen molar-refractivity contribution in [3.63, 3.8) is 0 Å². The van der Waals surface area contributed by atoms with Gasteiger partial charge in [0, 0.05) is 41.9 Å². The van der Waals surface area contributed by atoms with Crippen molar-refractivity contribution in [3.8, 4) is 5.75 Å². The molecule has 1 saturated carbocycles. The summed E-state index contributed by atoms with van der Waals surface area (Å²) in [4.78, 5) is 23.5. The summed E-state index contributed by atoms with van der Waals surface area (Å²) in [5, 5.41) is 14.0. The fourth-order valence-electron chi connectivity index (χ4n) is 5.60. The third kappa shape index (κ3) is 5.31. The maximum absolute atomic E-state index is 13.8. The van der Waals surface area contributed by atoms with E-state index in [9.17, 15) is 4.79 Å². The molecule has 0 unspecified atom stereocenters. The van der Waals surface area contributed by atoms with E-state index in [1.54, 1.807) is 13.3 Å². The second-order valence-electron chi connectivity index (χ2n) is 10.1. The van der Waals surface area contributed by atoms with Gasteiger partial charge in [0.2, 0.25) is 0 Å². The lowest BCUT2D eigenvalue weighted by Gasteiger charge is -2.31. The van der Waals surface area contributed by atoms with E-state index in [1.165, 1.54) is 0 Å². The monoisotopic (exact) mass is 521 g/mol. The Kier molecular flexibility index (Phi) is 7.14. The Balaban J connectivity index is 1.54. The Bertz CT molecular complexity index is 1550. The number of fused-ring (bicyclic) bond motifs is 1. The van der Waals surface area contributed by atoms with Crippen LogP contribution in [0.5, 0.6) is 5.75 Å². The number of hydrogen-bond donors (Lipinski definition) is 1. The zero-order valence-electron chi connectivity index (χ0n) is 21.9. The Morgan fingerprint density at radius 2 is 1.82 bits per heavy atom. The van der Waals surface area contributed by atoms with Gasteiger partial charge in [0.05, 0.1) is 13.2 Å². The molecule has 2 aromatic carbocycles. The topological polar surface area (TPSA) is 102 Å². The number of rotatable bonds is 9. The van der Waals surface area contributed by atoms with Crippen LogP contribution in [0.3, 0.4) is 0 Å². The summed E-state index contributed by atoms with van der Waals surface area (Å²) in [6, 6.07) is 21.6. The highest BCUT2D eigenvalue weighted by molar-refractivity contribution is 5.80. The van der Waals surface area contributed by atoms with E-state index in [0.717, 1.165) is 53.5 Å². The molecule has 0 amide bonds. The number of ether oxygens (including phenoxy) is 1. The van der Waals surface area contributed by atoms with E-state index in [2.05, 4.69) is 48.6 Å². The van der Waals surface area contributed by atoms with Crippen LogP contribution in [0.2, 0.25) is 0 Å². The number of nitrogens with zero attached hydrogens (tertiary/aromatic N) is 6. The molecule has 3 aromatic heterocycles. The SMILES string of the molecule is COc1ccc2[nH]c(=O)c([C@@H](c3nnnn3C3CCCC3)N(Cc3ccccc3)Cc3cccnc3)cc2c1. The first-order chi connectivity index (χ1) is 19.2. The molecule has 1 aliphatic rings. The molecule has 1 atom stereocenters. The van der Waals surface area contributed by atoms with Gasteiger partial charge in [-0.3, -0.25) is 14.7 Å². The van der Waals surface area contributed by atoms with Gasteiger partial charge in [-0.25, -0.2) is 4.68 Å². The van der Waals surface area contributed by atoms with E-state index < -0.39 is 6.04 Å². The highest BCUT2D eigenvalue weighted by atomic mass is 16.5. The van der Waals surface area contributed by atoms with Crippen LogP contribution in [-0.4, -0.2) is 42.2 Å². The number of aromatic nitrogens is 6. The van der Waals surface area contributed by atoms with Gasteiger partial charge in [-0.15, -0.1) is 5.10 Å². The second-order valence-corrected chi connectivity index (χ2v) is 10.1. The molecule has 0 bridgehead atoms. The van der Waals surface area contributed by atoms with Crippen molar-refractivity contribution in [2.45, 2.75) is 50.9 Å². The van der Waals surface area contributed by atoms with Crippen LogP contribution in [-0.2, 0) is 13.1 Å². The molecule has 9 nitrogen and oxygen atoms in total. The van der Waals surface area contributed by atoms with Crippen LogP contribution in [0.15, 0.2) is 83.9 Å². The second kappa shape index (κ2) is 11.2. The lowest BCUT2D eigenvalue weighted by atomic mass is 10.0. The number of nitrogens with one attached hydrogen (secondary N) is 1. The first-order valence-electron chi connectivity index (χ1n) is 13.3. The summed E-state index contributed by atoms with van der Waals surface area (Å²) >= 11 is 0. The standard InChI is InChI=1S/C30H31N7O2/c1-39-25-13-14-27-23(16-25)17-26(30(38)32-27)28(29-33-34-35-37(29)24-11-5-6-12-24)36(19-21-8-3-2-4-9-21)20-22-10-7-15-31-18-22/h2-4,7-10,13-18,24,28H,5-6,11-12,19-20H2,1H3,(H,32,38)/t28-/m0/s1. The van der Waals surface area contributed by atoms with E-state index in [4.69, 9.17) is 4.74 Å². The molecule has 0 aliphatic heterocycles. The Hall–Kier alpha value is -4.37. The average molecular weight is 522 g/mol. The van der Waals surface area contributed by atoms with Crippen molar-refractivity contribution in [2.24, 2.45) is 0 Å². The molecular weight excluding hydrogens is 490 g/mol. The summed E-state index contributed by atoms with van der Waals surface area (Å²) in [7, 11) is 1.64. The highest BCUT2D eigenvalue weighted by Crippen LogP contribution is 2.35. The van der Waals surface area contributed by atoms with Crippen molar-refractivity contribution >= 4 is 10.9 Å². The van der Waals surface area contributed by atoms with Crippen LogP contribution >= 0.6 is 0 Å². The van der Waals surface area contributed by atoms with Gasteiger partial charge >= 0.3 is 0 Å². The molecule has 3 heterocycles. The van der Waals surface area contributed by atoms with E-state index in [0.29, 0.717) is 24.5 Å². The third-order valence-corrected chi connectivity index (χ3v) is 7.51. The summed E-state index contributed by atoms with van der Waals surface area (Å²) in [6.07, 6.45) is 7.98. The van der Waals surface area contributed by atoms with Crippen LogP contribution in [0, 0.1) is 0 Å². The Morgan fingerprint density at radius 3 is 2.59 bits per heavy atom. The molecule has 0 saturated heterocycles. The number of aromatic amines is 1. The van der Waals surface area contributed by atoms with Gasteiger partial charge in [-0.1, -0.05) is 49.2 Å². The normalized spacial score (nSPS) is 14.7. The smallest absolute Gasteiger partial charge is 0.253 e. The fraction of sp³-hybridized carbons (Fsp3) is 0.300. The first-order valence-corrected chi connectivity index (χ1v) is 13.3. The van der Waals surface area contributed by atoms with Crippen LogP contribution in [0.1, 0.15) is 60.3 Å². The minimum Gasteiger partial charge on any atom is -0.497 e. The number of methoxy groups -OCH3 is 1. The van der Waals surface area contributed by atoms with E-state index >= 15 is 0 Å². The zero-order chi connectivity index (χ0) is 26.6. The van der Waals surface area contributed by atoms with Crippen molar-refractivity contribution in [1.82, 2.24) is 35.1 Å². The molecule has 198 valence electrons. The van der Waals surface area contributed by atoms with Crippen molar-refractivity contribution in [2.75, 3.05) is 7.11 Å². The number of tetrazole rings is 1. The minimum absolute atomic E-state index is 0.164. The van der Waals surface area contributed by atoms with Gasteiger partial charge < -0.3 is 9.72 Å². The maximum atomic E-state index is 13.8. The average Bonchev–Trinajstić information content (AvgIpc) is 3.67. The fourth-order valence-corrected chi connectivity index (χ4v) is 5.60. The van der Waals surface area contributed by atoms with Gasteiger partial charge in [0.25, 0.3) is 5.56 Å². The molecule has 6 rings (SSSR count). The molecule has 39 heavy (non-hydrogen) atoms. The van der Waals surface area contributed by atoms with Crippen molar-refractivity contribution in [3.05, 3.63) is 112 Å². The Labute approximate surface area is 226 Å². The molecule has 1 N–H and O–H groups in total. The third-order valence-electron chi connectivity index (χ3n) is 7.51. The Morgan fingerprint density at radius 1 is 1.03 bits per heavy atom. The summed E-state index contributed by atoms with van der Waals surface area (Å²) in [5.74, 6) is 1.40. The van der Waals surface area contributed by atoms with Gasteiger partial charge in [-0.05, 0) is 64.7 Å². The molecule has 5 aromatic rings. The zero-order valence-corrected chi connectivity index (χ0v) is 21.9. The number of pyridine rings is 2. The lowest BCUT2D eigenvalue weighted by molar-refractivity contribution is 0.190. The summed E-state index contributed by atoms with van der Waals surface area (Å²) in [6.45, 7) is 1.15. The van der Waals surface area contributed by atoms with Crippen LogP contribution in [0.4, 0.5) is 0 Å². The number of benzene rings is 2. The van der Waals surface area contributed by atoms with E-state index in [1.807, 2.05) is 59.4 Å². The summed E-state index contributed by atoms with van der Waals surface area (Å²) in [5.41, 5.74) is 3.34. The highest BCUT2D eigenvalue weighted by Gasteiger charge is 2.33. The van der Waals surface area contributed by atoms with E-state index in [-0.39, 0.29) is 11.6 Å². The largest absolute Gasteiger partial charge is 0.497 e.